The molecule has 26 heavy (non-hydrogen) atoms. The Balaban J connectivity index is 3.09. The van der Waals surface area contributed by atoms with Crippen LogP contribution in [-0.2, 0) is 22.7 Å². The summed E-state index contributed by atoms with van der Waals surface area (Å²) in [5.41, 5.74) is 0.913. The van der Waals surface area contributed by atoms with Crippen LogP contribution in [0.25, 0.3) is 0 Å². The van der Waals surface area contributed by atoms with Gasteiger partial charge in [-0.3, -0.25) is 4.79 Å². The quantitative estimate of drug-likeness (QED) is 0.719. The van der Waals surface area contributed by atoms with Gasteiger partial charge in [0, 0.05) is 19.7 Å². The molecule has 150 valence electrons. The van der Waals surface area contributed by atoms with Gasteiger partial charge >= 0.3 is 5.97 Å². The van der Waals surface area contributed by atoms with Gasteiger partial charge in [-0.2, -0.15) is 0 Å². The molecule has 1 heterocycles. The van der Waals surface area contributed by atoms with Crippen molar-refractivity contribution in [1.82, 2.24) is 14.5 Å². The van der Waals surface area contributed by atoms with Gasteiger partial charge < -0.3 is 14.0 Å². The second kappa shape index (κ2) is 7.60. The molecule has 0 aliphatic rings. The van der Waals surface area contributed by atoms with Gasteiger partial charge in [0.05, 0.1) is 12.0 Å². The first-order valence-electron chi connectivity index (χ1n) is 9.44. The van der Waals surface area contributed by atoms with Gasteiger partial charge in [0.1, 0.15) is 14.3 Å². The van der Waals surface area contributed by atoms with Crippen LogP contribution in [0.3, 0.4) is 0 Å². The summed E-state index contributed by atoms with van der Waals surface area (Å²) in [7, 11) is -2.09. The maximum absolute atomic E-state index is 13.2. The first-order chi connectivity index (χ1) is 11.5. The number of carbonyl (C=O) groups excluding carboxylic acids is 1. The van der Waals surface area contributed by atoms with Crippen LogP contribution in [0.5, 0.6) is 0 Å². The molecule has 1 aromatic heterocycles. The third-order valence-corrected chi connectivity index (χ3v) is 15.2. The van der Waals surface area contributed by atoms with Crippen molar-refractivity contribution in [2.24, 2.45) is 7.05 Å². The van der Waals surface area contributed by atoms with Crippen LogP contribution in [0, 0.1) is 0 Å². The number of rotatable bonds is 6. The predicted octanol–water partition coefficient (Wildman–Crippen LogP) is 4.47. The van der Waals surface area contributed by atoms with Gasteiger partial charge in [-0.1, -0.05) is 54.6 Å². The second-order valence-electron chi connectivity index (χ2n) is 10.5. The Morgan fingerprint density at radius 3 is 2.08 bits per heavy atom. The van der Waals surface area contributed by atoms with Gasteiger partial charge in [0.25, 0.3) is 8.32 Å². The Morgan fingerprint density at radius 2 is 1.69 bits per heavy atom. The number of imidazole rings is 1. The highest BCUT2D eigenvalue weighted by Gasteiger charge is 2.44. The highest BCUT2D eigenvalue weighted by molar-refractivity contribution is 6.78. The van der Waals surface area contributed by atoms with Gasteiger partial charge in [0.2, 0.25) is 0 Å². The Kier molecular flexibility index (Phi) is 6.75. The van der Waals surface area contributed by atoms with E-state index in [1.807, 2.05) is 17.8 Å². The molecule has 0 aliphatic carbocycles. The van der Waals surface area contributed by atoms with E-state index in [1.54, 1.807) is 6.33 Å². The van der Waals surface area contributed by atoms with Crippen molar-refractivity contribution in [2.45, 2.75) is 90.3 Å². The fourth-order valence-electron chi connectivity index (χ4n) is 2.10. The van der Waals surface area contributed by atoms with Crippen LogP contribution in [0.15, 0.2) is 12.5 Å². The van der Waals surface area contributed by atoms with Gasteiger partial charge in [0.15, 0.2) is 0 Å². The Bertz CT molecular complexity index is 625. The summed E-state index contributed by atoms with van der Waals surface area (Å²) in [6, 6.07) is -0.361. The summed E-state index contributed by atoms with van der Waals surface area (Å²) in [6.45, 7) is 22.0. The van der Waals surface area contributed by atoms with Crippen LogP contribution in [0.1, 0.15) is 47.2 Å². The minimum absolute atomic E-state index is 0.00478. The molecule has 0 aliphatic heterocycles. The number of aryl methyl sites for hydroxylation is 1. The second-order valence-corrected chi connectivity index (χ2v) is 20.3. The SMILES string of the molecule is Cn1cnc(CC(N[Si](C)(C)C(C)(C)C)C(=O)O[Si](C)(C)C(C)(C)C)c1. The van der Waals surface area contributed by atoms with Crippen LogP contribution in [-0.4, -0.2) is 38.1 Å². The molecule has 0 bridgehead atoms. The summed E-state index contributed by atoms with van der Waals surface area (Å²) in [5, 5.41) is 0.127. The van der Waals surface area contributed by atoms with E-state index in [-0.39, 0.29) is 22.1 Å². The van der Waals surface area contributed by atoms with E-state index in [4.69, 9.17) is 4.43 Å². The van der Waals surface area contributed by atoms with Crippen molar-refractivity contribution in [3.05, 3.63) is 18.2 Å². The third-order valence-electron chi connectivity index (χ3n) is 6.03. The van der Waals surface area contributed by atoms with Crippen molar-refractivity contribution < 1.29 is 9.22 Å². The molecule has 0 saturated heterocycles. The molecule has 1 atom stereocenters. The Morgan fingerprint density at radius 1 is 1.15 bits per heavy atom. The summed E-state index contributed by atoms with van der Waals surface area (Å²) in [4.78, 5) is 21.3. The largest absolute Gasteiger partial charge is 0.518 e. The van der Waals surface area contributed by atoms with E-state index in [2.05, 4.69) is 77.7 Å². The average molecular weight is 398 g/mol. The van der Waals surface area contributed by atoms with Crippen molar-refractivity contribution in [3.8, 4) is 0 Å². The van der Waals surface area contributed by atoms with Crippen LogP contribution >= 0.6 is 0 Å². The van der Waals surface area contributed by atoms with E-state index >= 15 is 0 Å². The Hall–Kier alpha value is -0.926. The monoisotopic (exact) mass is 397 g/mol. The highest BCUT2D eigenvalue weighted by Crippen LogP contribution is 2.37. The molecule has 5 nitrogen and oxygen atoms in total. The molecular weight excluding hydrogens is 358 g/mol. The smallest absolute Gasteiger partial charge is 0.309 e. The minimum Gasteiger partial charge on any atom is -0.518 e. The lowest BCUT2D eigenvalue weighted by Gasteiger charge is -2.41. The Labute approximate surface area is 162 Å². The lowest BCUT2D eigenvalue weighted by atomic mass is 10.2. The minimum atomic E-state index is -2.16. The lowest BCUT2D eigenvalue weighted by Crippen LogP contribution is -2.60. The van der Waals surface area contributed by atoms with E-state index < -0.39 is 16.6 Å². The summed E-state index contributed by atoms with van der Waals surface area (Å²) in [5.74, 6) is -0.132. The standard InChI is InChI=1S/C19H39N3O2Si2/c1-18(2,3)25(8,9)21-16(12-15-13-22(7)14-20-15)17(23)24-26(10,11)19(4,5)6/h13-14,16,21H,12H2,1-11H3. The number of hydrogen-bond donors (Lipinski definition) is 1. The third kappa shape index (κ3) is 5.79. The van der Waals surface area contributed by atoms with Crippen molar-refractivity contribution >= 4 is 22.5 Å². The zero-order valence-corrected chi connectivity index (χ0v) is 20.7. The van der Waals surface area contributed by atoms with Crippen LogP contribution in [0.2, 0.25) is 36.3 Å². The van der Waals surface area contributed by atoms with E-state index in [0.717, 1.165) is 5.69 Å². The molecule has 1 aromatic rings. The van der Waals surface area contributed by atoms with Gasteiger partial charge in [-0.05, 0) is 23.2 Å². The molecule has 0 spiro atoms. The van der Waals surface area contributed by atoms with E-state index in [9.17, 15) is 4.79 Å². The molecular formula is C19H39N3O2Si2. The summed E-state index contributed by atoms with van der Waals surface area (Å²) < 4.78 is 8.04. The molecule has 0 radical (unpaired) electrons. The zero-order chi connectivity index (χ0) is 20.6. The normalized spacial score (nSPS) is 15.0. The first-order valence-corrected chi connectivity index (χ1v) is 15.3. The molecule has 1 unspecified atom stereocenters. The molecule has 1 N–H and O–H groups in total. The van der Waals surface area contributed by atoms with Crippen molar-refractivity contribution in [1.29, 1.82) is 0 Å². The van der Waals surface area contributed by atoms with Crippen molar-refractivity contribution in [3.63, 3.8) is 0 Å². The molecule has 0 fully saturated rings. The molecule has 0 amide bonds. The maximum Gasteiger partial charge on any atom is 0.309 e. The zero-order valence-electron chi connectivity index (χ0n) is 18.7. The van der Waals surface area contributed by atoms with Crippen LogP contribution < -0.4 is 4.98 Å². The number of nitrogens with one attached hydrogen (secondary N) is 1. The van der Waals surface area contributed by atoms with Crippen LogP contribution in [0.4, 0.5) is 0 Å². The highest BCUT2D eigenvalue weighted by atomic mass is 28.4. The first kappa shape index (κ1) is 23.1. The fourth-order valence-corrected chi connectivity index (χ4v) is 4.58. The molecule has 1 rings (SSSR count). The summed E-state index contributed by atoms with van der Waals surface area (Å²) in [6.07, 6.45) is 4.30. The molecule has 0 aromatic carbocycles. The topological polar surface area (TPSA) is 56.2 Å². The number of carbonyl (C=O) groups is 1. The molecule has 0 saturated carbocycles. The van der Waals surface area contributed by atoms with Gasteiger partial charge in [-0.25, -0.2) is 4.98 Å². The maximum atomic E-state index is 13.2. The number of aromatic nitrogens is 2. The fraction of sp³-hybridized carbons (Fsp3) is 0.789. The average Bonchev–Trinajstić information content (AvgIpc) is 2.80. The van der Waals surface area contributed by atoms with E-state index in [0.29, 0.717) is 6.42 Å². The van der Waals surface area contributed by atoms with Gasteiger partial charge in [-0.15, -0.1) is 0 Å². The number of nitrogens with zero attached hydrogens (tertiary/aromatic N) is 2. The van der Waals surface area contributed by atoms with E-state index in [1.165, 1.54) is 0 Å². The molecule has 7 heteroatoms. The van der Waals surface area contributed by atoms with Crippen molar-refractivity contribution in [2.75, 3.05) is 0 Å². The lowest BCUT2D eigenvalue weighted by molar-refractivity contribution is -0.137. The number of hydrogen-bond acceptors (Lipinski definition) is 4. The predicted molar refractivity (Wildman–Crippen MR) is 114 cm³/mol. The summed E-state index contributed by atoms with van der Waals surface area (Å²) >= 11 is 0.